The van der Waals surface area contributed by atoms with E-state index in [1.165, 1.54) is 6.07 Å². The number of likely N-dealkylation sites (tertiary alicyclic amines) is 1. The monoisotopic (exact) mass is 393 g/mol. The zero-order valence-corrected chi connectivity index (χ0v) is 15.8. The summed E-state index contributed by atoms with van der Waals surface area (Å²) in [6, 6.07) is 4.64. The van der Waals surface area contributed by atoms with E-state index in [0.717, 1.165) is 32.5 Å². The molecule has 0 aliphatic carbocycles. The molecule has 0 radical (unpaired) electrons. The highest BCUT2D eigenvalue weighted by Crippen LogP contribution is 2.22. The van der Waals surface area contributed by atoms with E-state index in [9.17, 15) is 9.59 Å². The third-order valence-corrected chi connectivity index (χ3v) is 4.69. The molecule has 1 aliphatic rings. The highest BCUT2D eigenvalue weighted by atomic mass is 35.5. The van der Waals surface area contributed by atoms with Gasteiger partial charge >= 0.3 is 0 Å². The normalized spacial score (nSPS) is 17.1. The molecule has 1 aromatic rings. The molecule has 24 heavy (non-hydrogen) atoms. The predicted molar refractivity (Wildman–Crippen MR) is 99.3 cm³/mol. The maximum absolute atomic E-state index is 12.2. The van der Waals surface area contributed by atoms with Crippen LogP contribution in [0.5, 0.6) is 0 Å². The fourth-order valence-electron chi connectivity index (χ4n) is 2.75. The van der Waals surface area contributed by atoms with Gasteiger partial charge in [-0.15, -0.1) is 12.4 Å². The van der Waals surface area contributed by atoms with Crippen LogP contribution < -0.4 is 10.6 Å². The molecule has 1 heterocycles. The Morgan fingerprint density at radius 3 is 2.71 bits per heavy atom. The summed E-state index contributed by atoms with van der Waals surface area (Å²) >= 11 is 11.7. The molecule has 2 N–H and O–H groups in total. The lowest BCUT2D eigenvalue weighted by Crippen LogP contribution is -2.46. The van der Waals surface area contributed by atoms with Crippen LogP contribution in [0.25, 0.3) is 0 Å². The van der Waals surface area contributed by atoms with Gasteiger partial charge < -0.3 is 15.5 Å². The zero-order valence-electron chi connectivity index (χ0n) is 13.5. The van der Waals surface area contributed by atoms with Crippen LogP contribution in [0.3, 0.4) is 0 Å². The van der Waals surface area contributed by atoms with E-state index in [4.69, 9.17) is 23.2 Å². The summed E-state index contributed by atoms with van der Waals surface area (Å²) in [5.74, 6) is 0.0865. The highest BCUT2D eigenvalue weighted by molar-refractivity contribution is 6.42. The summed E-state index contributed by atoms with van der Waals surface area (Å²) in [6.07, 6.45) is 2.12. The second-order valence-electron chi connectivity index (χ2n) is 5.72. The van der Waals surface area contributed by atoms with Crippen molar-refractivity contribution < 1.29 is 9.59 Å². The number of hydrogen-bond donors (Lipinski definition) is 2. The molecule has 1 atom stereocenters. The summed E-state index contributed by atoms with van der Waals surface area (Å²) in [5.41, 5.74) is 0.388. The minimum atomic E-state index is -0.333. The van der Waals surface area contributed by atoms with Crippen LogP contribution in [0.4, 0.5) is 0 Å². The number of carbonyl (C=O) groups excluding carboxylic acids is 2. The van der Waals surface area contributed by atoms with Crippen molar-refractivity contribution in [2.45, 2.75) is 12.8 Å². The van der Waals surface area contributed by atoms with E-state index in [2.05, 4.69) is 10.6 Å². The quantitative estimate of drug-likeness (QED) is 0.807. The zero-order chi connectivity index (χ0) is 16.8. The van der Waals surface area contributed by atoms with Gasteiger partial charge in [-0.2, -0.15) is 0 Å². The van der Waals surface area contributed by atoms with E-state index in [1.807, 2.05) is 11.9 Å². The minimum Gasteiger partial charge on any atom is -0.343 e. The van der Waals surface area contributed by atoms with Gasteiger partial charge in [0.1, 0.15) is 0 Å². The summed E-state index contributed by atoms with van der Waals surface area (Å²) in [4.78, 5) is 26.1. The molecule has 1 saturated heterocycles. The van der Waals surface area contributed by atoms with Gasteiger partial charge in [-0.1, -0.05) is 23.2 Å². The van der Waals surface area contributed by atoms with Crippen LogP contribution in [0.2, 0.25) is 10.0 Å². The Bertz CT molecular complexity index is 582. The fraction of sp³-hybridized carbons (Fsp3) is 0.500. The maximum atomic E-state index is 12.2. The molecule has 2 amide bonds. The van der Waals surface area contributed by atoms with Gasteiger partial charge in [-0.25, -0.2) is 0 Å². The van der Waals surface area contributed by atoms with Gasteiger partial charge in [0.2, 0.25) is 5.91 Å². The molecule has 1 aliphatic heterocycles. The van der Waals surface area contributed by atoms with Crippen LogP contribution >= 0.6 is 35.6 Å². The van der Waals surface area contributed by atoms with Gasteiger partial charge in [0.05, 0.1) is 16.6 Å². The van der Waals surface area contributed by atoms with E-state index < -0.39 is 0 Å². The largest absolute Gasteiger partial charge is 0.343 e. The lowest BCUT2D eigenvalue weighted by Gasteiger charge is -2.32. The topological polar surface area (TPSA) is 61.4 Å². The number of amides is 2. The molecule has 5 nitrogen and oxygen atoms in total. The SMILES string of the molecule is CNCC1CCCN(C(=O)CNC(=O)c2ccc(Cl)c(Cl)c2)C1.Cl. The van der Waals surface area contributed by atoms with Gasteiger partial charge in [0, 0.05) is 18.7 Å². The fourth-order valence-corrected chi connectivity index (χ4v) is 3.05. The Balaban J connectivity index is 0.00000288. The third kappa shape index (κ3) is 5.81. The standard InChI is InChI=1S/C16H21Cl2N3O2.ClH/c1-19-8-11-3-2-6-21(10-11)15(22)9-20-16(23)12-4-5-13(17)14(18)7-12;/h4-5,7,11,19H,2-3,6,8-10H2,1H3,(H,20,23);1H. The van der Waals surface area contributed by atoms with Crippen LogP contribution in [0.15, 0.2) is 18.2 Å². The van der Waals surface area contributed by atoms with Gasteiger partial charge in [-0.05, 0) is 50.6 Å². The second kappa shape index (κ2) is 10.1. The number of nitrogens with zero attached hydrogens (tertiary/aromatic N) is 1. The molecule has 1 unspecified atom stereocenters. The molecule has 0 bridgehead atoms. The molecular weight excluding hydrogens is 373 g/mol. The average Bonchev–Trinajstić information content (AvgIpc) is 2.55. The van der Waals surface area contributed by atoms with Crippen molar-refractivity contribution in [3.05, 3.63) is 33.8 Å². The van der Waals surface area contributed by atoms with Gasteiger partial charge in [-0.3, -0.25) is 9.59 Å². The lowest BCUT2D eigenvalue weighted by molar-refractivity contribution is -0.131. The first kappa shape index (κ1) is 21.0. The molecule has 0 spiro atoms. The molecular formula is C16H22Cl3N3O2. The Labute approximate surface area is 158 Å². The first-order chi connectivity index (χ1) is 11.0. The average molecular weight is 395 g/mol. The Hall–Kier alpha value is -1.01. The number of piperidine rings is 1. The van der Waals surface area contributed by atoms with Crippen molar-refractivity contribution >= 4 is 47.4 Å². The molecule has 1 fully saturated rings. The number of rotatable bonds is 5. The Kier molecular flexibility index (Phi) is 8.84. The van der Waals surface area contributed by atoms with Gasteiger partial charge in [0.15, 0.2) is 0 Å². The molecule has 1 aromatic carbocycles. The summed E-state index contributed by atoms with van der Waals surface area (Å²) in [6.45, 7) is 2.38. The van der Waals surface area contributed by atoms with Crippen molar-refractivity contribution in [3.8, 4) is 0 Å². The predicted octanol–water partition coefficient (Wildman–Crippen LogP) is 2.60. The number of carbonyl (C=O) groups is 2. The number of hydrogen-bond acceptors (Lipinski definition) is 3. The van der Waals surface area contributed by atoms with E-state index in [1.54, 1.807) is 12.1 Å². The molecule has 0 saturated carbocycles. The van der Waals surface area contributed by atoms with Crippen molar-refractivity contribution in [1.29, 1.82) is 0 Å². The van der Waals surface area contributed by atoms with Gasteiger partial charge in [0.25, 0.3) is 5.91 Å². The smallest absolute Gasteiger partial charge is 0.251 e. The van der Waals surface area contributed by atoms with Crippen LogP contribution in [0, 0.1) is 5.92 Å². The highest BCUT2D eigenvalue weighted by Gasteiger charge is 2.23. The van der Waals surface area contributed by atoms with E-state index >= 15 is 0 Å². The Morgan fingerprint density at radius 2 is 2.04 bits per heavy atom. The number of nitrogens with one attached hydrogen (secondary N) is 2. The van der Waals surface area contributed by atoms with Crippen molar-refractivity contribution in [1.82, 2.24) is 15.5 Å². The van der Waals surface area contributed by atoms with E-state index in [0.29, 0.717) is 21.5 Å². The summed E-state index contributed by atoms with van der Waals surface area (Å²) < 4.78 is 0. The Morgan fingerprint density at radius 1 is 1.29 bits per heavy atom. The van der Waals surface area contributed by atoms with Crippen LogP contribution in [0.1, 0.15) is 23.2 Å². The lowest BCUT2D eigenvalue weighted by atomic mass is 9.98. The van der Waals surface area contributed by atoms with E-state index in [-0.39, 0.29) is 30.8 Å². The maximum Gasteiger partial charge on any atom is 0.251 e. The van der Waals surface area contributed by atoms with Crippen molar-refractivity contribution in [2.24, 2.45) is 5.92 Å². The third-order valence-electron chi connectivity index (χ3n) is 3.95. The van der Waals surface area contributed by atoms with Crippen molar-refractivity contribution in [2.75, 3.05) is 33.2 Å². The number of halogens is 3. The summed E-state index contributed by atoms with van der Waals surface area (Å²) in [5, 5.41) is 6.50. The van der Waals surface area contributed by atoms with Crippen molar-refractivity contribution in [3.63, 3.8) is 0 Å². The van der Waals surface area contributed by atoms with Crippen LogP contribution in [-0.4, -0.2) is 49.9 Å². The molecule has 8 heteroatoms. The first-order valence-electron chi connectivity index (χ1n) is 7.67. The molecule has 2 rings (SSSR count). The first-order valence-corrected chi connectivity index (χ1v) is 8.42. The molecule has 0 aromatic heterocycles. The number of benzene rings is 1. The summed E-state index contributed by atoms with van der Waals surface area (Å²) in [7, 11) is 1.91. The molecule has 134 valence electrons. The second-order valence-corrected chi connectivity index (χ2v) is 6.53. The minimum absolute atomic E-state index is 0. The van der Waals surface area contributed by atoms with Crippen LogP contribution in [-0.2, 0) is 4.79 Å².